The van der Waals surface area contributed by atoms with Crippen LogP contribution in [0.2, 0.25) is 0 Å². The molecule has 1 aliphatic carbocycles. The summed E-state index contributed by atoms with van der Waals surface area (Å²) < 4.78 is 6.79. The summed E-state index contributed by atoms with van der Waals surface area (Å²) in [6.07, 6.45) is 0. The summed E-state index contributed by atoms with van der Waals surface area (Å²) in [6.45, 7) is 0. The van der Waals surface area contributed by atoms with Crippen LogP contribution in [0.4, 0.5) is 0 Å². The van der Waals surface area contributed by atoms with Gasteiger partial charge in [0.2, 0.25) is 0 Å². The van der Waals surface area contributed by atoms with E-state index in [-0.39, 0.29) is 5.92 Å². The third-order valence-corrected chi connectivity index (χ3v) is 12.9. The summed E-state index contributed by atoms with van der Waals surface area (Å²) in [7, 11) is 0. The minimum absolute atomic E-state index is 0.0474. The molecule has 11 aromatic rings. The van der Waals surface area contributed by atoms with Crippen LogP contribution in [0.1, 0.15) is 44.9 Å². The first-order valence-electron chi connectivity index (χ1n) is 20.5. The summed E-state index contributed by atoms with van der Waals surface area (Å²) in [4.78, 5) is 0. The fraction of sp³-hybridized carbons (Fsp3) is 0.0345. The number of furan rings is 1. The van der Waals surface area contributed by atoms with Crippen molar-refractivity contribution in [2.75, 3.05) is 0 Å². The van der Waals surface area contributed by atoms with Crippen molar-refractivity contribution in [1.82, 2.24) is 0 Å². The molecule has 0 saturated heterocycles. The van der Waals surface area contributed by atoms with Gasteiger partial charge in [-0.05, 0) is 77.9 Å². The highest BCUT2D eigenvalue weighted by molar-refractivity contribution is 6.17. The number of benzene rings is 10. The molecular formula is C58H38O. The molecule has 0 fully saturated rings. The second-order valence-electron chi connectivity index (χ2n) is 15.9. The van der Waals surface area contributed by atoms with Crippen molar-refractivity contribution < 1.29 is 4.42 Å². The van der Waals surface area contributed by atoms with Crippen molar-refractivity contribution in [2.24, 2.45) is 0 Å². The standard InChI is InChI=1S/C58H38O/c1-3-19-42(20-4-1)58(43-21-5-2-6-22-43)52-30-12-11-25-50(52)55-51(29-15-31-53(55)58)54(47-27-13-18-38-16-7-9-23-44(38)47)41-34-32-40(33-35-41)46-26-14-28-48-49-37-36-39-17-8-10-24-45(39)57(49)59-56(46)48/h1-37,54H. The van der Waals surface area contributed by atoms with E-state index in [4.69, 9.17) is 4.42 Å². The Balaban J connectivity index is 1.09. The van der Waals surface area contributed by atoms with Crippen LogP contribution in [0.25, 0.3) is 65.7 Å². The minimum Gasteiger partial charge on any atom is -0.455 e. The van der Waals surface area contributed by atoms with Gasteiger partial charge in [0.1, 0.15) is 11.2 Å². The molecule has 12 rings (SSSR count). The Morgan fingerprint density at radius 3 is 1.66 bits per heavy atom. The molecular weight excluding hydrogens is 713 g/mol. The maximum Gasteiger partial charge on any atom is 0.143 e. The molecule has 1 heteroatoms. The molecule has 1 atom stereocenters. The summed E-state index contributed by atoms with van der Waals surface area (Å²) in [5, 5.41) is 7.12. The third kappa shape index (κ3) is 4.98. The predicted molar refractivity (Wildman–Crippen MR) is 245 cm³/mol. The van der Waals surface area contributed by atoms with E-state index in [1.54, 1.807) is 0 Å². The molecule has 0 radical (unpaired) electrons. The van der Waals surface area contributed by atoms with Crippen LogP contribution < -0.4 is 0 Å². The fourth-order valence-corrected chi connectivity index (χ4v) is 10.4. The molecule has 0 spiro atoms. The van der Waals surface area contributed by atoms with Gasteiger partial charge >= 0.3 is 0 Å². The maximum absolute atomic E-state index is 6.79. The van der Waals surface area contributed by atoms with Gasteiger partial charge in [0.25, 0.3) is 0 Å². The lowest BCUT2D eigenvalue weighted by atomic mass is 9.67. The van der Waals surface area contributed by atoms with Crippen LogP contribution in [-0.4, -0.2) is 0 Å². The molecule has 59 heavy (non-hydrogen) atoms. The number of para-hydroxylation sites is 1. The quantitative estimate of drug-likeness (QED) is 0.154. The van der Waals surface area contributed by atoms with E-state index in [1.807, 2.05) is 0 Å². The monoisotopic (exact) mass is 750 g/mol. The molecule has 276 valence electrons. The molecule has 1 unspecified atom stereocenters. The Morgan fingerprint density at radius 1 is 0.339 bits per heavy atom. The molecule has 0 amide bonds. The second kappa shape index (κ2) is 13.3. The highest BCUT2D eigenvalue weighted by Gasteiger charge is 2.47. The number of fused-ring (bicyclic) bond motifs is 9. The number of rotatable bonds is 6. The molecule has 1 nitrogen and oxygen atoms in total. The molecule has 1 heterocycles. The Labute approximate surface area is 343 Å². The summed E-state index contributed by atoms with van der Waals surface area (Å²) in [5.41, 5.74) is 15.3. The van der Waals surface area contributed by atoms with Gasteiger partial charge in [-0.15, -0.1) is 0 Å². The lowest BCUT2D eigenvalue weighted by Crippen LogP contribution is -2.28. The average Bonchev–Trinajstić information content (AvgIpc) is 3.85. The van der Waals surface area contributed by atoms with Gasteiger partial charge in [0.15, 0.2) is 0 Å². The van der Waals surface area contributed by atoms with E-state index in [2.05, 4.69) is 224 Å². The second-order valence-corrected chi connectivity index (χ2v) is 15.9. The van der Waals surface area contributed by atoms with E-state index in [9.17, 15) is 0 Å². The summed E-state index contributed by atoms with van der Waals surface area (Å²) in [6, 6.07) is 82.6. The molecule has 0 saturated carbocycles. The van der Waals surface area contributed by atoms with Crippen LogP contribution in [0.3, 0.4) is 0 Å². The van der Waals surface area contributed by atoms with Gasteiger partial charge in [-0.2, -0.15) is 0 Å². The van der Waals surface area contributed by atoms with Crippen molar-refractivity contribution in [3.05, 3.63) is 263 Å². The molecule has 0 bridgehead atoms. The van der Waals surface area contributed by atoms with E-state index < -0.39 is 5.41 Å². The Kier molecular flexibility index (Phi) is 7.58. The van der Waals surface area contributed by atoms with Crippen molar-refractivity contribution >= 4 is 43.5 Å². The summed E-state index contributed by atoms with van der Waals surface area (Å²) >= 11 is 0. The largest absolute Gasteiger partial charge is 0.455 e. The van der Waals surface area contributed by atoms with Gasteiger partial charge in [-0.1, -0.05) is 218 Å². The first-order chi connectivity index (χ1) is 29.3. The molecule has 1 aliphatic rings. The van der Waals surface area contributed by atoms with E-state index >= 15 is 0 Å². The molecule has 0 N–H and O–H groups in total. The van der Waals surface area contributed by atoms with Gasteiger partial charge in [-0.3, -0.25) is 0 Å². The zero-order chi connectivity index (χ0) is 38.9. The van der Waals surface area contributed by atoms with Crippen LogP contribution in [0.15, 0.2) is 229 Å². The van der Waals surface area contributed by atoms with Crippen molar-refractivity contribution in [2.45, 2.75) is 11.3 Å². The SMILES string of the molecule is c1ccc(C2(c3ccccc3)c3ccccc3-c3c(C(c4ccc(-c5cccc6c5oc5c7ccccc7ccc65)cc4)c4cccc5ccccc45)cccc32)cc1. The number of hydrogen-bond donors (Lipinski definition) is 0. The minimum atomic E-state index is -0.478. The maximum atomic E-state index is 6.79. The van der Waals surface area contributed by atoms with Gasteiger partial charge in [0.05, 0.1) is 5.41 Å². The van der Waals surface area contributed by atoms with Gasteiger partial charge < -0.3 is 4.42 Å². The normalized spacial score (nSPS) is 13.5. The lowest BCUT2D eigenvalue weighted by Gasteiger charge is -2.34. The highest BCUT2D eigenvalue weighted by Crippen LogP contribution is 2.58. The van der Waals surface area contributed by atoms with E-state index in [1.165, 1.54) is 66.2 Å². The van der Waals surface area contributed by atoms with Crippen LogP contribution in [0.5, 0.6) is 0 Å². The number of hydrogen-bond acceptors (Lipinski definition) is 1. The zero-order valence-corrected chi connectivity index (χ0v) is 32.3. The third-order valence-electron chi connectivity index (χ3n) is 12.9. The first-order valence-corrected chi connectivity index (χ1v) is 20.5. The van der Waals surface area contributed by atoms with Crippen molar-refractivity contribution in [1.29, 1.82) is 0 Å². The lowest BCUT2D eigenvalue weighted by molar-refractivity contribution is 0.674. The van der Waals surface area contributed by atoms with Crippen molar-refractivity contribution in [3.63, 3.8) is 0 Å². The predicted octanol–water partition coefficient (Wildman–Crippen LogP) is 15.1. The highest BCUT2D eigenvalue weighted by atomic mass is 16.3. The Bertz CT molecular complexity index is 3330. The van der Waals surface area contributed by atoms with Crippen LogP contribution in [-0.2, 0) is 5.41 Å². The van der Waals surface area contributed by atoms with Gasteiger partial charge in [0, 0.05) is 27.6 Å². The van der Waals surface area contributed by atoms with Gasteiger partial charge in [-0.25, -0.2) is 0 Å². The van der Waals surface area contributed by atoms with E-state index in [0.717, 1.165) is 38.5 Å². The van der Waals surface area contributed by atoms with Crippen LogP contribution in [0, 0.1) is 0 Å². The smallest absolute Gasteiger partial charge is 0.143 e. The van der Waals surface area contributed by atoms with E-state index in [0.29, 0.717) is 0 Å². The Hall–Kier alpha value is -7.48. The molecule has 10 aromatic carbocycles. The topological polar surface area (TPSA) is 13.1 Å². The molecule has 1 aromatic heterocycles. The fourth-order valence-electron chi connectivity index (χ4n) is 10.4. The van der Waals surface area contributed by atoms with Crippen molar-refractivity contribution in [3.8, 4) is 22.3 Å². The summed E-state index contributed by atoms with van der Waals surface area (Å²) in [5.74, 6) is -0.0474. The Morgan fingerprint density at radius 2 is 0.881 bits per heavy atom. The molecule has 0 aliphatic heterocycles. The first kappa shape index (κ1) is 33.6. The van der Waals surface area contributed by atoms with Crippen LogP contribution >= 0.6 is 0 Å². The average molecular weight is 751 g/mol. The zero-order valence-electron chi connectivity index (χ0n) is 32.3.